The Bertz CT molecular complexity index is 763. The molecule has 0 aromatic heterocycles. The van der Waals surface area contributed by atoms with E-state index < -0.39 is 24.8 Å². The maximum atomic E-state index is 11.0. The molecule has 1 aliphatic heterocycles. The van der Waals surface area contributed by atoms with Crippen LogP contribution in [0, 0.1) is 12.8 Å². The first-order valence-corrected chi connectivity index (χ1v) is 9.73. The minimum absolute atomic E-state index is 0.0527. The van der Waals surface area contributed by atoms with Crippen molar-refractivity contribution in [2.75, 3.05) is 37.6 Å². The van der Waals surface area contributed by atoms with Crippen LogP contribution in [-0.2, 0) is 0 Å². The van der Waals surface area contributed by atoms with E-state index in [1.165, 1.54) is 0 Å². The Kier molecular flexibility index (Phi) is 5.02. The van der Waals surface area contributed by atoms with Crippen LogP contribution in [0.15, 0.2) is 18.2 Å². The highest BCUT2D eigenvalue weighted by Gasteiger charge is 2.24. The summed E-state index contributed by atoms with van der Waals surface area (Å²) >= 11 is 6.45. The van der Waals surface area contributed by atoms with E-state index >= 15 is 0 Å². The van der Waals surface area contributed by atoms with E-state index in [0.717, 1.165) is 11.3 Å². The molecule has 3 N–H and O–H groups in total. The summed E-state index contributed by atoms with van der Waals surface area (Å²) in [5.74, 6) is -0.400. The van der Waals surface area contributed by atoms with Crippen molar-refractivity contribution >= 4 is 23.3 Å². The van der Waals surface area contributed by atoms with Gasteiger partial charge in [-0.3, -0.25) is 4.90 Å². The van der Waals surface area contributed by atoms with Crippen LogP contribution < -0.4 is 16.0 Å². The van der Waals surface area contributed by atoms with Gasteiger partial charge in [0.1, 0.15) is 0 Å². The Balaban J connectivity index is 1.63. The summed E-state index contributed by atoms with van der Waals surface area (Å²) in [5, 5.41) is 3.39. The molecule has 3 rings (SSSR count). The van der Waals surface area contributed by atoms with E-state index in [9.17, 15) is 4.79 Å². The standard InChI is InChI=1S/C20H31ClN4O/c1-15-3-2-4-18(19(15)21)25-13-11-24(12-14-25)10-9-16-5-7-17(8-6-16)23-20(22)26/h2-4,16-17H,5-14H2,1H3,(H3,22,23,26)/t16-,17-/i9D2,10D2. The zero-order valence-electron chi connectivity index (χ0n) is 19.3. The third kappa shape index (κ3) is 5.04. The minimum Gasteiger partial charge on any atom is -0.368 e. The Morgan fingerprint density at radius 1 is 1.27 bits per heavy atom. The number of primary amides is 1. The number of benzene rings is 1. The van der Waals surface area contributed by atoms with Crippen LogP contribution in [0.1, 0.15) is 43.1 Å². The van der Waals surface area contributed by atoms with E-state index in [4.69, 9.17) is 22.8 Å². The summed E-state index contributed by atoms with van der Waals surface area (Å²) < 4.78 is 34.6. The van der Waals surface area contributed by atoms with E-state index in [0.29, 0.717) is 56.9 Å². The second-order valence-corrected chi connectivity index (χ2v) is 7.57. The zero-order chi connectivity index (χ0) is 22.1. The number of urea groups is 1. The van der Waals surface area contributed by atoms with Gasteiger partial charge in [0, 0.05) is 37.7 Å². The maximum Gasteiger partial charge on any atom is 0.312 e. The molecule has 144 valence electrons. The van der Waals surface area contributed by atoms with Gasteiger partial charge in [0.25, 0.3) is 0 Å². The highest BCUT2D eigenvalue weighted by atomic mass is 35.5. The number of nitrogens with one attached hydrogen (secondary N) is 1. The third-order valence-corrected chi connectivity index (χ3v) is 5.78. The number of carbonyl (C=O) groups excluding carboxylic acids is 1. The Morgan fingerprint density at radius 2 is 1.96 bits per heavy atom. The normalized spacial score (nSPS) is 27.8. The van der Waals surface area contributed by atoms with Gasteiger partial charge in [0.2, 0.25) is 0 Å². The fourth-order valence-corrected chi connectivity index (χ4v) is 3.95. The molecule has 1 aromatic rings. The van der Waals surface area contributed by atoms with Crippen molar-refractivity contribution < 1.29 is 10.3 Å². The highest BCUT2D eigenvalue weighted by molar-refractivity contribution is 6.34. The molecule has 1 aromatic carbocycles. The van der Waals surface area contributed by atoms with Crippen molar-refractivity contribution in [1.82, 2.24) is 10.2 Å². The monoisotopic (exact) mass is 382 g/mol. The molecular weight excluding hydrogens is 348 g/mol. The summed E-state index contributed by atoms with van der Waals surface area (Å²) in [7, 11) is 0. The summed E-state index contributed by atoms with van der Waals surface area (Å²) in [4.78, 5) is 14.8. The Morgan fingerprint density at radius 3 is 2.62 bits per heavy atom. The molecule has 0 radical (unpaired) electrons. The van der Waals surface area contributed by atoms with E-state index in [1.807, 2.05) is 25.1 Å². The predicted molar refractivity (Wildman–Crippen MR) is 108 cm³/mol. The van der Waals surface area contributed by atoms with Crippen LogP contribution in [0.2, 0.25) is 5.02 Å². The molecule has 1 heterocycles. The van der Waals surface area contributed by atoms with Gasteiger partial charge in [0.15, 0.2) is 0 Å². The van der Waals surface area contributed by atoms with Crippen molar-refractivity contribution in [3.8, 4) is 0 Å². The van der Waals surface area contributed by atoms with E-state index in [1.54, 1.807) is 4.90 Å². The van der Waals surface area contributed by atoms with Crippen molar-refractivity contribution in [3.63, 3.8) is 0 Å². The molecule has 1 saturated heterocycles. The molecule has 0 unspecified atom stereocenters. The molecule has 6 heteroatoms. The largest absolute Gasteiger partial charge is 0.368 e. The number of rotatable bonds is 5. The Labute approximate surface area is 167 Å². The van der Waals surface area contributed by atoms with Gasteiger partial charge in [-0.2, -0.15) is 0 Å². The molecule has 1 saturated carbocycles. The fraction of sp³-hybridized carbons (Fsp3) is 0.650. The number of anilines is 1. The highest BCUT2D eigenvalue weighted by Crippen LogP contribution is 2.30. The first-order valence-electron chi connectivity index (χ1n) is 11.3. The number of hydrogen-bond donors (Lipinski definition) is 2. The average Bonchev–Trinajstić information content (AvgIpc) is 2.70. The quantitative estimate of drug-likeness (QED) is 0.820. The molecule has 2 aliphatic rings. The molecule has 26 heavy (non-hydrogen) atoms. The van der Waals surface area contributed by atoms with Gasteiger partial charge in [-0.1, -0.05) is 23.7 Å². The number of amides is 2. The molecule has 0 bridgehead atoms. The van der Waals surface area contributed by atoms with E-state index in [2.05, 4.69) is 10.2 Å². The molecule has 0 spiro atoms. The van der Waals surface area contributed by atoms with Gasteiger partial charge in [-0.25, -0.2) is 4.79 Å². The number of piperazine rings is 1. The van der Waals surface area contributed by atoms with Crippen molar-refractivity contribution in [1.29, 1.82) is 0 Å². The molecular formula is C20H31ClN4O. The number of aryl methyl sites for hydroxylation is 1. The number of hydrogen-bond acceptors (Lipinski definition) is 3. The van der Waals surface area contributed by atoms with Gasteiger partial charge < -0.3 is 16.0 Å². The number of halogens is 1. The average molecular weight is 383 g/mol. The third-order valence-electron chi connectivity index (χ3n) is 5.29. The zero-order valence-corrected chi connectivity index (χ0v) is 16.1. The van der Waals surface area contributed by atoms with Gasteiger partial charge in [-0.05, 0) is 63.0 Å². The lowest BCUT2D eigenvalue weighted by atomic mass is 9.84. The second-order valence-electron chi connectivity index (χ2n) is 7.20. The molecule has 1 aliphatic carbocycles. The minimum atomic E-state index is -2.08. The first-order chi connectivity index (χ1) is 14.0. The van der Waals surface area contributed by atoms with Crippen molar-refractivity contribution in [2.45, 2.75) is 45.0 Å². The van der Waals surface area contributed by atoms with Crippen LogP contribution in [0.4, 0.5) is 10.5 Å². The summed E-state index contributed by atoms with van der Waals surface area (Å²) in [6, 6.07) is 5.27. The number of nitrogens with zero attached hydrogens (tertiary/aromatic N) is 2. The first kappa shape index (κ1) is 14.6. The lowest BCUT2D eigenvalue weighted by molar-refractivity contribution is 0.207. The number of carbonyl (C=O) groups is 1. The van der Waals surface area contributed by atoms with Crippen molar-refractivity contribution in [2.24, 2.45) is 11.7 Å². The predicted octanol–water partition coefficient (Wildman–Crippen LogP) is 3.39. The van der Waals surface area contributed by atoms with Gasteiger partial charge in [-0.15, -0.1) is 0 Å². The lowest BCUT2D eigenvalue weighted by Gasteiger charge is -2.37. The van der Waals surface area contributed by atoms with Crippen molar-refractivity contribution in [3.05, 3.63) is 28.8 Å². The molecule has 2 amide bonds. The summed E-state index contributed by atoms with van der Waals surface area (Å²) in [6.07, 6.45) is 0.284. The van der Waals surface area contributed by atoms with Gasteiger partial charge in [0.05, 0.1) is 10.7 Å². The van der Waals surface area contributed by atoms with E-state index in [-0.39, 0.29) is 6.04 Å². The smallest absolute Gasteiger partial charge is 0.312 e. The van der Waals surface area contributed by atoms with Gasteiger partial charge >= 0.3 is 6.03 Å². The van der Waals surface area contributed by atoms with Crippen LogP contribution in [0.25, 0.3) is 0 Å². The number of nitrogens with two attached hydrogens (primary N) is 1. The summed E-state index contributed by atoms with van der Waals surface area (Å²) in [6.45, 7) is 1.92. The van der Waals surface area contributed by atoms with Crippen LogP contribution in [0.5, 0.6) is 0 Å². The maximum absolute atomic E-state index is 11.0. The second kappa shape index (κ2) is 8.96. The van der Waals surface area contributed by atoms with Crippen LogP contribution in [0.3, 0.4) is 0 Å². The molecule has 5 nitrogen and oxygen atoms in total. The Hall–Kier alpha value is -1.46. The van der Waals surface area contributed by atoms with Crippen LogP contribution >= 0.6 is 11.6 Å². The summed E-state index contributed by atoms with van der Waals surface area (Å²) in [5.41, 5.74) is 7.13. The fourth-order valence-electron chi connectivity index (χ4n) is 3.70. The van der Waals surface area contributed by atoms with Crippen LogP contribution in [-0.4, -0.2) is 49.6 Å². The molecule has 0 atom stereocenters. The SMILES string of the molecule is [2H]C([2H])(N1CCN(c2cccc(C)c2Cl)CC1)C([2H])([2H])[C@H]1CC[C@H](NC(N)=O)CC1. The lowest BCUT2D eigenvalue weighted by Crippen LogP contribution is -2.47. The topological polar surface area (TPSA) is 61.6 Å². The molecule has 2 fully saturated rings.